The zero-order valence-electron chi connectivity index (χ0n) is 17.0. The van der Waals surface area contributed by atoms with Crippen LogP contribution in [0.2, 0.25) is 0 Å². The highest BCUT2D eigenvalue weighted by molar-refractivity contribution is 5.68. The fraction of sp³-hybridized carbons (Fsp3) is 0.185. The van der Waals surface area contributed by atoms with Gasteiger partial charge in [0.05, 0.1) is 6.04 Å². The van der Waals surface area contributed by atoms with Crippen LogP contribution in [-0.4, -0.2) is 0 Å². The largest absolute Gasteiger partial charge is 0.337 e. The second-order valence-corrected chi connectivity index (χ2v) is 7.97. The highest BCUT2D eigenvalue weighted by Gasteiger charge is 2.43. The van der Waals surface area contributed by atoms with Gasteiger partial charge in [0.15, 0.2) is 0 Å². The molecule has 3 aromatic rings. The maximum atomic E-state index is 13.4. The summed E-state index contributed by atoms with van der Waals surface area (Å²) in [6.45, 7) is 12.9. The molecule has 0 bridgehead atoms. The first-order valence-corrected chi connectivity index (χ1v) is 9.99. The van der Waals surface area contributed by atoms with E-state index >= 15 is 0 Å². The van der Waals surface area contributed by atoms with Gasteiger partial charge in [-0.2, -0.15) is 0 Å². The fourth-order valence-corrected chi connectivity index (χ4v) is 4.11. The number of benzene rings is 3. The number of rotatable bonds is 5. The van der Waals surface area contributed by atoms with Crippen molar-refractivity contribution in [2.45, 2.75) is 26.3 Å². The van der Waals surface area contributed by atoms with Gasteiger partial charge in [-0.1, -0.05) is 72.8 Å². The van der Waals surface area contributed by atoms with Gasteiger partial charge in [-0.3, -0.25) is 0 Å². The average Bonchev–Trinajstić information content (AvgIpc) is 2.72. The van der Waals surface area contributed by atoms with Crippen LogP contribution >= 0.6 is 0 Å². The van der Waals surface area contributed by atoms with E-state index in [2.05, 4.69) is 80.4 Å². The summed E-state index contributed by atoms with van der Waals surface area (Å²) in [7, 11) is 0. The van der Waals surface area contributed by atoms with Gasteiger partial charge in [-0.05, 0) is 61.2 Å². The molecule has 2 atom stereocenters. The molecule has 2 heteroatoms. The molecular formula is C27H26FN. The van der Waals surface area contributed by atoms with E-state index in [-0.39, 0.29) is 17.8 Å². The van der Waals surface area contributed by atoms with Gasteiger partial charge in [0.2, 0.25) is 0 Å². The lowest BCUT2D eigenvalue weighted by Crippen LogP contribution is -2.47. The second kappa shape index (κ2) is 7.71. The molecule has 1 fully saturated rings. The van der Waals surface area contributed by atoms with Gasteiger partial charge in [0.25, 0.3) is 0 Å². The zero-order valence-corrected chi connectivity index (χ0v) is 17.0. The Kier molecular flexibility index (Phi) is 5.10. The van der Waals surface area contributed by atoms with E-state index in [1.807, 2.05) is 12.1 Å². The SMILES string of the molecule is C=C(CC1C(=C)N(c2ccc(F)cc2)C1c1ccc(C)cc1)c1ccc(C)cc1. The summed E-state index contributed by atoms with van der Waals surface area (Å²) in [5.74, 6) is 0.0348. The molecule has 1 nitrogen and oxygen atoms in total. The van der Waals surface area contributed by atoms with E-state index in [0.29, 0.717) is 0 Å². The third-order valence-corrected chi connectivity index (χ3v) is 5.85. The Morgan fingerprint density at radius 1 is 0.862 bits per heavy atom. The molecule has 4 rings (SSSR count). The highest BCUT2D eigenvalue weighted by atomic mass is 19.1. The van der Waals surface area contributed by atoms with Crippen molar-refractivity contribution >= 4 is 11.3 Å². The molecule has 2 unspecified atom stereocenters. The monoisotopic (exact) mass is 383 g/mol. The zero-order chi connectivity index (χ0) is 20.5. The van der Waals surface area contributed by atoms with Gasteiger partial charge in [0.1, 0.15) is 5.82 Å². The highest BCUT2D eigenvalue weighted by Crippen LogP contribution is 2.52. The molecule has 146 valence electrons. The second-order valence-electron chi connectivity index (χ2n) is 7.97. The van der Waals surface area contributed by atoms with E-state index in [1.165, 1.54) is 34.4 Å². The number of nitrogens with zero attached hydrogens (tertiary/aromatic N) is 1. The molecule has 0 N–H and O–H groups in total. The number of aryl methyl sites for hydroxylation is 2. The van der Waals surface area contributed by atoms with Crippen LogP contribution < -0.4 is 4.90 Å². The predicted molar refractivity (Wildman–Crippen MR) is 120 cm³/mol. The van der Waals surface area contributed by atoms with E-state index in [0.717, 1.165) is 23.4 Å². The minimum absolute atomic E-state index is 0.163. The minimum atomic E-state index is -0.226. The van der Waals surface area contributed by atoms with E-state index in [9.17, 15) is 4.39 Å². The molecule has 29 heavy (non-hydrogen) atoms. The van der Waals surface area contributed by atoms with Crippen molar-refractivity contribution in [1.29, 1.82) is 0 Å². The lowest BCUT2D eigenvalue weighted by atomic mass is 9.75. The van der Waals surface area contributed by atoms with Crippen LogP contribution in [0.25, 0.3) is 5.57 Å². The summed E-state index contributed by atoms with van der Waals surface area (Å²) in [5, 5.41) is 0. The molecule has 0 amide bonds. The van der Waals surface area contributed by atoms with Crippen LogP contribution in [0, 0.1) is 25.6 Å². The van der Waals surface area contributed by atoms with Gasteiger partial charge in [-0.15, -0.1) is 0 Å². The first-order valence-electron chi connectivity index (χ1n) is 9.99. The number of anilines is 1. The van der Waals surface area contributed by atoms with Crippen molar-refractivity contribution in [2.24, 2.45) is 5.92 Å². The number of allylic oxidation sites excluding steroid dienone is 1. The molecule has 1 saturated heterocycles. The van der Waals surface area contributed by atoms with Crippen LogP contribution in [0.3, 0.4) is 0 Å². The van der Waals surface area contributed by atoms with Crippen molar-refractivity contribution in [3.63, 3.8) is 0 Å². The molecule has 0 radical (unpaired) electrons. The van der Waals surface area contributed by atoms with Gasteiger partial charge in [-0.25, -0.2) is 4.39 Å². The first-order chi connectivity index (χ1) is 13.9. The predicted octanol–water partition coefficient (Wildman–Crippen LogP) is 7.24. The Labute approximate surface area is 172 Å². The maximum absolute atomic E-state index is 13.4. The maximum Gasteiger partial charge on any atom is 0.123 e. The van der Waals surface area contributed by atoms with Crippen LogP contribution in [-0.2, 0) is 0 Å². The Hall–Kier alpha value is -3.13. The van der Waals surface area contributed by atoms with Crippen LogP contribution in [0.15, 0.2) is 91.7 Å². The molecule has 3 aromatic carbocycles. The van der Waals surface area contributed by atoms with Crippen molar-refractivity contribution in [1.82, 2.24) is 0 Å². The minimum Gasteiger partial charge on any atom is -0.337 e. The topological polar surface area (TPSA) is 3.24 Å². The summed E-state index contributed by atoms with van der Waals surface area (Å²) in [4.78, 5) is 2.22. The third-order valence-electron chi connectivity index (χ3n) is 5.85. The summed E-state index contributed by atoms with van der Waals surface area (Å²) in [5.41, 5.74) is 8.04. The number of halogens is 1. The van der Waals surface area contributed by atoms with Crippen LogP contribution in [0.1, 0.15) is 34.7 Å². The molecule has 1 aliphatic heterocycles. The van der Waals surface area contributed by atoms with Crippen LogP contribution in [0.5, 0.6) is 0 Å². The van der Waals surface area contributed by atoms with E-state index < -0.39 is 0 Å². The Bertz CT molecular complexity index is 1030. The Balaban J connectivity index is 1.64. The molecular weight excluding hydrogens is 357 g/mol. The number of hydrogen-bond donors (Lipinski definition) is 0. The average molecular weight is 384 g/mol. The molecule has 0 saturated carbocycles. The fourth-order valence-electron chi connectivity index (χ4n) is 4.11. The quantitative estimate of drug-likeness (QED) is 0.449. The van der Waals surface area contributed by atoms with Crippen molar-refractivity contribution in [3.05, 3.63) is 120 Å². The summed E-state index contributed by atoms with van der Waals surface area (Å²) in [6, 6.07) is 24.0. The Morgan fingerprint density at radius 3 is 2.00 bits per heavy atom. The molecule has 1 heterocycles. The molecule has 0 aromatic heterocycles. The lowest BCUT2D eigenvalue weighted by Gasteiger charge is -2.52. The smallest absolute Gasteiger partial charge is 0.123 e. The molecule has 0 spiro atoms. The van der Waals surface area contributed by atoms with Crippen molar-refractivity contribution < 1.29 is 4.39 Å². The first kappa shape index (κ1) is 19.2. The molecule has 0 aliphatic carbocycles. The lowest BCUT2D eigenvalue weighted by molar-refractivity contribution is 0.378. The van der Waals surface area contributed by atoms with Crippen LogP contribution in [0.4, 0.5) is 10.1 Å². The van der Waals surface area contributed by atoms with E-state index in [1.54, 1.807) is 0 Å². The van der Waals surface area contributed by atoms with Gasteiger partial charge < -0.3 is 4.90 Å². The summed E-state index contributed by atoms with van der Waals surface area (Å²) < 4.78 is 13.4. The number of hydrogen-bond acceptors (Lipinski definition) is 1. The summed E-state index contributed by atoms with van der Waals surface area (Å²) >= 11 is 0. The third kappa shape index (κ3) is 3.75. The molecule has 1 aliphatic rings. The van der Waals surface area contributed by atoms with Gasteiger partial charge >= 0.3 is 0 Å². The van der Waals surface area contributed by atoms with Gasteiger partial charge in [0, 0.05) is 17.3 Å². The van der Waals surface area contributed by atoms with Crippen molar-refractivity contribution in [2.75, 3.05) is 4.90 Å². The Morgan fingerprint density at radius 2 is 1.41 bits per heavy atom. The normalized spacial score (nSPS) is 18.4. The van der Waals surface area contributed by atoms with E-state index in [4.69, 9.17) is 0 Å². The summed E-state index contributed by atoms with van der Waals surface area (Å²) in [6.07, 6.45) is 0.845. The van der Waals surface area contributed by atoms with Crippen molar-refractivity contribution in [3.8, 4) is 0 Å². The standard InChI is InChI=1S/C27H26FN/c1-18-5-9-22(10-6-18)20(3)17-26-21(4)29(25-15-13-24(28)14-16-25)27(26)23-11-7-19(2)8-12-23/h5-16,26-27H,3-4,17H2,1-2H3.